The topological polar surface area (TPSA) is 44.8 Å². The highest BCUT2D eigenvalue weighted by atomic mass is 19.1. The van der Waals surface area contributed by atoms with Crippen LogP contribution in [0.2, 0.25) is 0 Å². The Morgan fingerprint density at radius 1 is 1.07 bits per heavy atom. The van der Waals surface area contributed by atoms with E-state index in [2.05, 4.69) is 15.1 Å². The molecule has 0 spiro atoms. The predicted molar refractivity (Wildman–Crippen MR) is 111 cm³/mol. The molecule has 3 aliphatic rings. The van der Waals surface area contributed by atoms with Crippen LogP contribution in [0.25, 0.3) is 0 Å². The van der Waals surface area contributed by atoms with Gasteiger partial charge in [0.05, 0.1) is 25.2 Å². The van der Waals surface area contributed by atoms with Gasteiger partial charge in [-0.2, -0.15) is 0 Å². The molecular formula is C23H34FN3O2. The number of carbonyl (C=O) groups is 1. The Kier molecular flexibility index (Phi) is 7.16. The van der Waals surface area contributed by atoms with Crippen LogP contribution in [-0.4, -0.2) is 67.7 Å². The van der Waals surface area contributed by atoms with E-state index in [-0.39, 0.29) is 23.7 Å². The molecule has 160 valence electrons. The van der Waals surface area contributed by atoms with Crippen molar-refractivity contribution in [1.29, 1.82) is 0 Å². The number of carbonyl (C=O) groups excluding carboxylic acids is 1. The predicted octanol–water partition coefficient (Wildman–Crippen LogP) is 2.97. The molecular weight excluding hydrogens is 369 g/mol. The number of amides is 1. The number of benzene rings is 1. The molecule has 1 saturated carbocycles. The van der Waals surface area contributed by atoms with Gasteiger partial charge in [0.15, 0.2) is 0 Å². The van der Waals surface area contributed by atoms with E-state index >= 15 is 0 Å². The summed E-state index contributed by atoms with van der Waals surface area (Å²) in [6.45, 7) is 5.57. The van der Waals surface area contributed by atoms with Crippen LogP contribution in [0.5, 0.6) is 0 Å². The SMILES string of the molecule is O=C(NC[C@@H](c1ccc(F)cc1)N1CCOCC1)[C@H]1CCN(C2CCCCC2)C1. The van der Waals surface area contributed by atoms with E-state index in [9.17, 15) is 9.18 Å². The van der Waals surface area contributed by atoms with Crippen LogP contribution in [0.3, 0.4) is 0 Å². The molecule has 1 aromatic rings. The van der Waals surface area contributed by atoms with Gasteiger partial charge in [-0.1, -0.05) is 31.4 Å². The summed E-state index contributed by atoms with van der Waals surface area (Å²) < 4.78 is 18.9. The molecule has 29 heavy (non-hydrogen) atoms. The summed E-state index contributed by atoms with van der Waals surface area (Å²) >= 11 is 0. The lowest BCUT2D eigenvalue weighted by Gasteiger charge is -2.35. The monoisotopic (exact) mass is 403 g/mol. The van der Waals surface area contributed by atoms with E-state index < -0.39 is 0 Å². The highest BCUT2D eigenvalue weighted by molar-refractivity contribution is 5.79. The van der Waals surface area contributed by atoms with Crippen molar-refractivity contribution in [3.8, 4) is 0 Å². The zero-order valence-electron chi connectivity index (χ0n) is 17.3. The second-order valence-electron chi connectivity index (χ2n) is 8.73. The van der Waals surface area contributed by atoms with Gasteiger partial charge in [0.25, 0.3) is 0 Å². The largest absolute Gasteiger partial charge is 0.379 e. The van der Waals surface area contributed by atoms with Crippen molar-refractivity contribution in [2.24, 2.45) is 5.92 Å². The molecule has 0 radical (unpaired) electrons. The lowest BCUT2D eigenvalue weighted by Crippen LogP contribution is -2.45. The standard InChI is InChI=1S/C23H34FN3O2/c24-20-8-6-18(7-9-20)22(26-12-14-29-15-13-26)16-25-23(28)19-10-11-27(17-19)21-4-2-1-3-5-21/h6-9,19,21-22H,1-5,10-17H2,(H,25,28)/t19-,22-/m0/s1. The van der Waals surface area contributed by atoms with E-state index in [0.717, 1.165) is 38.2 Å². The molecule has 0 bridgehead atoms. The molecule has 2 atom stereocenters. The van der Waals surface area contributed by atoms with Crippen LogP contribution in [0, 0.1) is 11.7 Å². The molecule has 6 heteroatoms. The van der Waals surface area contributed by atoms with Gasteiger partial charge in [0, 0.05) is 32.2 Å². The molecule has 5 nitrogen and oxygen atoms in total. The number of ether oxygens (including phenoxy) is 1. The fourth-order valence-corrected chi connectivity index (χ4v) is 5.15. The molecule has 4 rings (SSSR count). The molecule has 2 aliphatic heterocycles. The molecule has 2 heterocycles. The minimum Gasteiger partial charge on any atom is -0.379 e. The average molecular weight is 404 g/mol. The molecule has 0 aromatic heterocycles. The van der Waals surface area contributed by atoms with Gasteiger partial charge in [0.2, 0.25) is 5.91 Å². The number of morpholine rings is 1. The first-order valence-corrected chi connectivity index (χ1v) is 11.3. The number of likely N-dealkylation sites (tertiary alicyclic amines) is 1. The Labute approximate surface area is 173 Å². The number of hydrogen-bond acceptors (Lipinski definition) is 4. The van der Waals surface area contributed by atoms with Gasteiger partial charge < -0.3 is 10.1 Å². The molecule has 1 aromatic carbocycles. The zero-order chi connectivity index (χ0) is 20.1. The summed E-state index contributed by atoms with van der Waals surface area (Å²) in [5.74, 6) is 0.0337. The first kappa shape index (κ1) is 20.8. The second kappa shape index (κ2) is 10.0. The molecule has 1 N–H and O–H groups in total. The Bertz CT molecular complexity index is 657. The lowest BCUT2D eigenvalue weighted by molar-refractivity contribution is -0.125. The Hall–Kier alpha value is -1.50. The lowest BCUT2D eigenvalue weighted by atomic mass is 9.94. The van der Waals surface area contributed by atoms with Gasteiger partial charge in [-0.05, 0) is 43.5 Å². The van der Waals surface area contributed by atoms with E-state index in [0.29, 0.717) is 25.8 Å². The highest BCUT2D eigenvalue weighted by Gasteiger charge is 2.33. The first-order valence-electron chi connectivity index (χ1n) is 11.3. The second-order valence-corrected chi connectivity index (χ2v) is 8.73. The Morgan fingerprint density at radius 2 is 1.79 bits per heavy atom. The third-order valence-corrected chi connectivity index (χ3v) is 6.89. The highest BCUT2D eigenvalue weighted by Crippen LogP contribution is 2.28. The van der Waals surface area contributed by atoms with Crippen molar-refractivity contribution in [1.82, 2.24) is 15.1 Å². The van der Waals surface area contributed by atoms with Gasteiger partial charge >= 0.3 is 0 Å². The van der Waals surface area contributed by atoms with Crippen LogP contribution in [0.1, 0.15) is 50.1 Å². The minimum atomic E-state index is -0.229. The molecule has 2 saturated heterocycles. The van der Waals surface area contributed by atoms with Crippen LogP contribution >= 0.6 is 0 Å². The summed E-state index contributed by atoms with van der Waals surface area (Å²) in [4.78, 5) is 17.8. The number of hydrogen-bond donors (Lipinski definition) is 1. The number of rotatable bonds is 6. The molecule has 3 fully saturated rings. The van der Waals surface area contributed by atoms with Crippen molar-refractivity contribution < 1.29 is 13.9 Å². The minimum absolute atomic E-state index is 0.0549. The number of nitrogens with one attached hydrogen (secondary N) is 1. The van der Waals surface area contributed by atoms with Crippen molar-refractivity contribution in [3.05, 3.63) is 35.6 Å². The van der Waals surface area contributed by atoms with Crippen molar-refractivity contribution in [2.45, 2.75) is 50.6 Å². The normalized spacial score (nSPS) is 25.8. The fraction of sp³-hybridized carbons (Fsp3) is 0.696. The quantitative estimate of drug-likeness (QED) is 0.793. The third-order valence-electron chi connectivity index (χ3n) is 6.89. The Morgan fingerprint density at radius 3 is 2.52 bits per heavy atom. The van der Waals surface area contributed by atoms with E-state index in [4.69, 9.17) is 4.74 Å². The summed E-state index contributed by atoms with van der Waals surface area (Å²) in [6, 6.07) is 7.42. The van der Waals surface area contributed by atoms with Gasteiger partial charge in [-0.25, -0.2) is 4.39 Å². The fourth-order valence-electron chi connectivity index (χ4n) is 5.15. The van der Waals surface area contributed by atoms with Crippen molar-refractivity contribution in [2.75, 3.05) is 45.9 Å². The molecule has 1 amide bonds. The van der Waals surface area contributed by atoms with Gasteiger partial charge in [-0.15, -0.1) is 0 Å². The van der Waals surface area contributed by atoms with E-state index in [1.807, 2.05) is 12.1 Å². The van der Waals surface area contributed by atoms with Crippen molar-refractivity contribution >= 4 is 5.91 Å². The summed E-state index contributed by atoms with van der Waals surface area (Å²) in [7, 11) is 0. The van der Waals surface area contributed by atoms with Crippen molar-refractivity contribution in [3.63, 3.8) is 0 Å². The first-order chi connectivity index (χ1) is 14.2. The zero-order valence-corrected chi connectivity index (χ0v) is 17.3. The smallest absolute Gasteiger partial charge is 0.224 e. The molecule has 0 unspecified atom stereocenters. The maximum atomic E-state index is 13.4. The Balaban J connectivity index is 1.34. The summed E-state index contributed by atoms with van der Waals surface area (Å²) in [6.07, 6.45) is 7.56. The number of halogens is 1. The van der Waals surface area contributed by atoms with E-state index in [1.54, 1.807) is 0 Å². The van der Waals surface area contributed by atoms with Gasteiger partial charge in [0.1, 0.15) is 5.82 Å². The van der Waals surface area contributed by atoms with Crippen LogP contribution in [0.4, 0.5) is 4.39 Å². The summed E-state index contributed by atoms with van der Waals surface area (Å²) in [5, 5.41) is 3.22. The van der Waals surface area contributed by atoms with Crippen LogP contribution in [-0.2, 0) is 9.53 Å². The average Bonchev–Trinajstić information content (AvgIpc) is 3.27. The van der Waals surface area contributed by atoms with E-state index in [1.165, 1.54) is 44.2 Å². The van der Waals surface area contributed by atoms with Crippen LogP contribution < -0.4 is 5.32 Å². The third kappa shape index (κ3) is 5.36. The summed E-state index contributed by atoms with van der Waals surface area (Å²) in [5.41, 5.74) is 1.05. The molecule has 1 aliphatic carbocycles. The van der Waals surface area contributed by atoms with Gasteiger partial charge in [-0.3, -0.25) is 14.6 Å². The van der Waals surface area contributed by atoms with Crippen LogP contribution in [0.15, 0.2) is 24.3 Å². The maximum Gasteiger partial charge on any atom is 0.224 e. The maximum absolute atomic E-state index is 13.4. The number of nitrogens with zero attached hydrogens (tertiary/aromatic N) is 2.